The zero-order chi connectivity index (χ0) is 68.5. The molecule has 95 heavy (non-hydrogen) atoms. The van der Waals surface area contributed by atoms with Gasteiger partial charge in [0.1, 0.15) is 12.3 Å². The van der Waals surface area contributed by atoms with Gasteiger partial charge >= 0.3 is 12.0 Å². The number of aldehydes is 1. The number of Topliss-reactive ketones (excluding diaryl/α,β-unsaturated/α-hetero) is 1. The predicted molar refractivity (Wildman–Crippen MR) is 358 cm³/mol. The van der Waals surface area contributed by atoms with Crippen molar-refractivity contribution in [1.82, 2.24) is 15.5 Å². The van der Waals surface area contributed by atoms with Crippen molar-refractivity contribution in [3.63, 3.8) is 0 Å². The van der Waals surface area contributed by atoms with Gasteiger partial charge in [-0.1, -0.05) is 37.5 Å². The number of ketones is 1. The van der Waals surface area contributed by atoms with Crippen molar-refractivity contribution in [2.75, 3.05) is 93.7 Å². The number of carbonyl (C=O) groups is 5. The number of unbranched alkanes of at least 4 members (excludes halogenated alkanes) is 6. The van der Waals surface area contributed by atoms with Crippen LogP contribution in [0.25, 0.3) is 0 Å². The first kappa shape index (κ1) is 76.7. The number of urea groups is 1. The molecule has 3 aromatic rings. The molecule has 530 valence electrons. The number of nitrogens with zero attached hydrogens (tertiary/aromatic N) is 1. The molecule has 7 aliphatic rings. The molecule has 3 aromatic carbocycles. The SMILES string of the molecule is CC(=O)CNCCCCCS(=O)(=O)CC(c1ccc(F)c(OCC2CC2)c1)C1CC1.CCOC(=O)C=O.NCCCCCS(=O)(=O)CC(c1ccc(F)c(OCC2CC2)c1)C1CC1.O=C1CN(CCCCCS(=O)(=O)CC(c2ccc(F)c(OCC3CC3)c2)C2CC2)C(=O)N1. The van der Waals surface area contributed by atoms with E-state index in [0.717, 1.165) is 126 Å². The van der Waals surface area contributed by atoms with E-state index in [1.54, 1.807) is 50.2 Å². The Morgan fingerprint density at radius 2 is 0.958 bits per heavy atom. The van der Waals surface area contributed by atoms with Crippen molar-refractivity contribution < 1.29 is 81.3 Å². The van der Waals surface area contributed by atoms with Gasteiger partial charge < -0.3 is 34.9 Å². The van der Waals surface area contributed by atoms with Crippen LogP contribution in [0.1, 0.15) is 183 Å². The van der Waals surface area contributed by atoms with E-state index < -0.39 is 41.3 Å². The molecule has 0 spiro atoms. The number of rotatable bonds is 42. The number of esters is 1. The van der Waals surface area contributed by atoms with Gasteiger partial charge in [0.15, 0.2) is 64.2 Å². The monoisotopic (exact) mass is 1390 g/mol. The lowest BCUT2D eigenvalue weighted by atomic mass is 9.96. The van der Waals surface area contributed by atoms with Crippen LogP contribution in [-0.2, 0) is 53.4 Å². The minimum atomic E-state index is -3.27. The standard InChI is InChI=1S/C23H31FN2O5S.C23H34FNO4S.C20H30FNO3S.C4H6O3/c24-20-9-8-18(12-21(20)31-14-16-4-5-16)19(17-6-7-17)15-32(29,30)11-3-1-2-10-26-13-22(27)25-23(26)28;1-17(26)14-25-11-3-2-4-12-30(27,28)16-21(19-7-8-19)20-9-10-22(24)23(13-20)29-15-18-5-6-18;21-19-9-8-17(12-20(19)25-13-15-4-5-15)18(16-6-7-16)14-26(23,24)11-3-1-2-10-22;1-2-7-4(6)3-5/h8-9,12,16-17,19H,1-7,10-11,13-15H2,(H,25,27,28);9-10,13,18-19,21,25H,2-8,11-12,14-16H2,1H3;8-9,12,15-16,18H,1-7,10-11,13-14,22H2;3H,2H2,1H3. The molecule has 25 heteroatoms. The molecule has 0 aromatic heterocycles. The van der Waals surface area contributed by atoms with E-state index in [1.807, 2.05) is 0 Å². The van der Waals surface area contributed by atoms with Crippen molar-refractivity contribution in [3.8, 4) is 17.2 Å². The summed E-state index contributed by atoms with van der Waals surface area (Å²) in [6.07, 6.45) is 19.6. The summed E-state index contributed by atoms with van der Waals surface area (Å²) in [4.78, 5) is 54.3. The molecule has 3 amide bonds. The lowest BCUT2D eigenvalue weighted by molar-refractivity contribution is -0.148. The number of sulfone groups is 3. The third-order valence-electron chi connectivity index (χ3n) is 18.0. The normalized spacial score (nSPS) is 17.9. The van der Waals surface area contributed by atoms with Crippen LogP contribution in [0.2, 0.25) is 0 Å². The Labute approximate surface area is 560 Å². The van der Waals surface area contributed by atoms with Crippen LogP contribution in [0.3, 0.4) is 0 Å². The Bertz CT molecular complexity index is 3340. The quantitative estimate of drug-likeness (QED) is 0.0156. The summed E-state index contributed by atoms with van der Waals surface area (Å²) in [7, 11) is -9.59. The van der Waals surface area contributed by atoms with Crippen LogP contribution in [0, 0.1) is 53.0 Å². The molecule has 1 heterocycles. The number of nitrogens with two attached hydrogens (primary N) is 1. The average Bonchev–Trinajstić information content (AvgIpc) is 1.73. The minimum Gasteiger partial charge on any atom is -0.490 e. The van der Waals surface area contributed by atoms with Gasteiger partial charge in [0, 0.05) is 24.3 Å². The number of imide groups is 1. The van der Waals surface area contributed by atoms with Gasteiger partial charge in [-0.2, -0.15) is 0 Å². The van der Waals surface area contributed by atoms with Gasteiger partial charge in [-0.05, 0) is 231 Å². The summed E-state index contributed by atoms with van der Waals surface area (Å²) in [6, 6.07) is 14.1. The molecule has 3 atom stereocenters. The highest BCUT2D eigenvalue weighted by molar-refractivity contribution is 7.91. The van der Waals surface area contributed by atoms with Crippen LogP contribution in [-0.4, -0.2) is 154 Å². The van der Waals surface area contributed by atoms with Crippen molar-refractivity contribution in [2.45, 2.75) is 166 Å². The Morgan fingerprint density at radius 3 is 1.26 bits per heavy atom. The molecular formula is C70H101F3N4O15S3. The highest BCUT2D eigenvalue weighted by Crippen LogP contribution is 2.47. The fourth-order valence-corrected chi connectivity index (χ4v) is 16.9. The summed E-state index contributed by atoms with van der Waals surface area (Å²) < 4.78 is 140. The van der Waals surface area contributed by atoms with Crippen molar-refractivity contribution in [2.24, 2.45) is 41.2 Å². The number of hydrogen-bond donors (Lipinski definition) is 3. The van der Waals surface area contributed by atoms with E-state index in [4.69, 9.17) is 19.9 Å². The number of hydrogen-bond acceptors (Lipinski definition) is 17. The Balaban J connectivity index is 0.000000192. The van der Waals surface area contributed by atoms with Crippen molar-refractivity contribution >= 4 is 59.5 Å². The second kappa shape index (κ2) is 37.9. The van der Waals surface area contributed by atoms with Gasteiger partial charge in [0.25, 0.3) is 0 Å². The maximum Gasteiger partial charge on any atom is 0.371 e. The molecule has 0 radical (unpaired) electrons. The second-order valence-electron chi connectivity index (χ2n) is 27.0. The molecular weight excluding hydrogens is 1290 g/mol. The highest BCUT2D eigenvalue weighted by Gasteiger charge is 2.39. The summed E-state index contributed by atoms with van der Waals surface area (Å²) in [5.74, 6) is 1.77. The van der Waals surface area contributed by atoms with Gasteiger partial charge in [0.2, 0.25) is 12.2 Å². The number of amides is 3. The number of halogens is 3. The topological polar surface area (TPSA) is 278 Å². The fourth-order valence-electron chi connectivity index (χ4n) is 11.4. The molecule has 1 aliphatic heterocycles. The van der Waals surface area contributed by atoms with Crippen LogP contribution >= 0.6 is 0 Å². The third-order valence-corrected chi connectivity index (χ3v) is 23.3. The number of ether oxygens (including phenoxy) is 4. The van der Waals surface area contributed by atoms with Crippen molar-refractivity contribution in [1.29, 1.82) is 0 Å². The lowest BCUT2D eigenvalue weighted by Crippen LogP contribution is -2.29. The first-order valence-corrected chi connectivity index (χ1v) is 39.9. The lowest BCUT2D eigenvalue weighted by Gasteiger charge is -2.19. The molecule has 3 unspecified atom stereocenters. The summed E-state index contributed by atoms with van der Waals surface area (Å²) in [6.45, 7) is 7.25. The molecule has 19 nitrogen and oxygen atoms in total. The summed E-state index contributed by atoms with van der Waals surface area (Å²) in [5.41, 5.74) is 8.08. The van der Waals surface area contributed by atoms with E-state index in [9.17, 15) is 62.4 Å². The molecule has 4 N–H and O–H groups in total. The molecule has 6 aliphatic carbocycles. The molecule has 0 bridgehead atoms. The predicted octanol–water partition coefficient (Wildman–Crippen LogP) is 10.5. The van der Waals surface area contributed by atoms with E-state index in [-0.39, 0.29) is 118 Å². The maximum atomic E-state index is 14.2. The Morgan fingerprint density at radius 1 is 0.579 bits per heavy atom. The largest absolute Gasteiger partial charge is 0.490 e. The van der Waals surface area contributed by atoms with E-state index in [1.165, 1.54) is 23.1 Å². The van der Waals surface area contributed by atoms with E-state index >= 15 is 0 Å². The van der Waals surface area contributed by atoms with Crippen LogP contribution in [0.4, 0.5) is 18.0 Å². The highest BCUT2D eigenvalue weighted by atomic mass is 32.2. The average molecular weight is 1390 g/mol. The zero-order valence-corrected chi connectivity index (χ0v) is 57.9. The molecule has 10 rings (SSSR count). The number of benzene rings is 3. The fraction of sp³-hybridized carbons (Fsp3) is 0.671. The van der Waals surface area contributed by atoms with Crippen molar-refractivity contribution in [3.05, 3.63) is 88.7 Å². The smallest absolute Gasteiger partial charge is 0.371 e. The van der Waals surface area contributed by atoms with Crippen LogP contribution in [0.5, 0.6) is 17.2 Å². The van der Waals surface area contributed by atoms with Gasteiger partial charge in [-0.15, -0.1) is 0 Å². The third kappa shape index (κ3) is 29.5. The summed E-state index contributed by atoms with van der Waals surface area (Å²) in [5, 5.41) is 5.28. The second-order valence-corrected chi connectivity index (χ2v) is 33.7. The number of carbonyl (C=O) groups excluding carboxylic acids is 5. The van der Waals surface area contributed by atoms with Gasteiger partial charge in [-0.25, -0.2) is 48.0 Å². The van der Waals surface area contributed by atoms with E-state index in [0.29, 0.717) is 107 Å². The van der Waals surface area contributed by atoms with Gasteiger partial charge in [0.05, 0.1) is 67.5 Å². The maximum absolute atomic E-state index is 14.2. The van der Waals surface area contributed by atoms with Gasteiger partial charge in [-0.3, -0.25) is 19.7 Å². The number of nitrogens with one attached hydrogen (secondary N) is 2. The van der Waals surface area contributed by atoms with Crippen LogP contribution in [0.15, 0.2) is 54.6 Å². The first-order valence-electron chi connectivity index (χ1n) is 34.4. The van der Waals surface area contributed by atoms with Crippen LogP contribution < -0.4 is 30.6 Å². The molecule has 1 saturated heterocycles. The minimum absolute atomic E-state index is 0.0571. The first-order chi connectivity index (χ1) is 45.4. The van der Waals surface area contributed by atoms with E-state index in [2.05, 4.69) is 15.4 Å². The zero-order valence-electron chi connectivity index (χ0n) is 55.4. The molecule has 7 fully saturated rings. The summed E-state index contributed by atoms with van der Waals surface area (Å²) >= 11 is 0. The molecule has 6 saturated carbocycles. The Kier molecular flexibility index (Phi) is 30.6. The Hall–Kier alpha value is -5.63.